The first-order valence-corrected chi connectivity index (χ1v) is 12.6. The van der Waals surface area contributed by atoms with Crippen LogP contribution in [-0.4, -0.2) is 88.9 Å². The number of benzene rings is 1. The summed E-state index contributed by atoms with van der Waals surface area (Å²) in [6.07, 6.45) is 4.38. The molecule has 4 aliphatic rings. The zero-order valence-electron chi connectivity index (χ0n) is 19.6. The van der Waals surface area contributed by atoms with Crippen LogP contribution in [0.3, 0.4) is 0 Å². The minimum absolute atomic E-state index is 0.0355. The number of hydrazine groups is 1. The first-order valence-electron chi connectivity index (χ1n) is 12.6. The average molecular weight is 458 g/mol. The highest BCUT2D eigenvalue weighted by Gasteiger charge is 2.51. The Morgan fingerprint density at radius 2 is 1.94 bits per heavy atom. The van der Waals surface area contributed by atoms with Crippen LogP contribution in [-0.2, 0) is 16.1 Å². The molecule has 4 atom stereocenters. The van der Waals surface area contributed by atoms with Crippen molar-refractivity contribution in [3.05, 3.63) is 35.6 Å². The van der Waals surface area contributed by atoms with E-state index in [9.17, 15) is 14.0 Å². The SMILES string of the molecule is CCCN1CCN(C(=O)C2CCC3C(C2)N(Cc2cccc(F)c2)C(=O)C2CCNN23)CC1. The predicted octanol–water partition coefficient (Wildman–Crippen LogP) is 1.84. The zero-order valence-corrected chi connectivity index (χ0v) is 19.6. The Balaban J connectivity index is 1.32. The lowest BCUT2D eigenvalue weighted by atomic mass is 9.78. The third-order valence-electron chi connectivity index (χ3n) is 7.97. The monoisotopic (exact) mass is 457 g/mol. The lowest BCUT2D eigenvalue weighted by Gasteiger charge is -2.52. The lowest BCUT2D eigenvalue weighted by molar-refractivity contribution is -0.159. The molecule has 4 unspecified atom stereocenters. The van der Waals surface area contributed by atoms with Gasteiger partial charge in [-0.2, -0.15) is 0 Å². The minimum atomic E-state index is -0.281. The lowest BCUT2D eigenvalue weighted by Crippen LogP contribution is -2.68. The molecule has 1 saturated carbocycles. The summed E-state index contributed by atoms with van der Waals surface area (Å²) in [6, 6.07) is 6.54. The molecule has 1 aromatic rings. The summed E-state index contributed by atoms with van der Waals surface area (Å²) in [4.78, 5) is 33.3. The van der Waals surface area contributed by atoms with E-state index in [-0.39, 0.29) is 41.7 Å². The van der Waals surface area contributed by atoms with Crippen molar-refractivity contribution in [1.29, 1.82) is 0 Å². The van der Waals surface area contributed by atoms with E-state index in [1.54, 1.807) is 6.07 Å². The number of carbonyl (C=O) groups excluding carboxylic acids is 2. The van der Waals surface area contributed by atoms with E-state index < -0.39 is 0 Å². The van der Waals surface area contributed by atoms with Gasteiger partial charge in [0.05, 0.1) is 0 Å². The Hall–Kier alpha value is -2.03. The highest BCUT2D eigenvalue weighted by Crippen LogP contribution is 2.38. The number of piperazine rings is 2. The standard InChI is InChI=1S/C25H36FN5O2/c1-2-10-28-11-13-29(14-12-28)24(32)19-6-7-21-23(16-19)30(17-18-4-3-5-20(26)15-18)25(33)22-8-9-27-31(21)22/h3-5,15,19,21-23,27H,2,6-14,16-17H2,1H3. The average Bonchev–Trinajstić information content (AvgIpc) is 3.32. The van der Waals surface area contributed by atoms with Gasteiger partial charge in [0, 0.05) is 57.3 Å². The molecule has 4 fully saturated rings. The molecule has 180 valence electrons. The van der Waals surface area contributed by atoms with Gasteiger partial charge in [-0.3, -0.25) is 19.9 Å². The largest absolute Gasteiger partial charge is 0.340 e. The molecule has 0 aromatic heterocycles. The number of fused-ring (bicyclic) bond motifs is 3. The van der Waals surface area contributed by atoms with Crippen LogP contribution in [0.4, 0.5) is 4.39 Å². The molecular weight excluding hydrogens is 421 g/mol. The van der Waals surface area contributed by atoms with Gasteiger partial charge in [-0.1, -0.05) is 19.1 Å². The fraction of sp³-hybridized carbons (Fsp3) is 0.680. The number of nitrogens with one attached hydrogen (secondary N) is 1. The van der Waals surface area contributed by atoms with Crippen LogP contribution in [0.5, 0.6) is 0 Å². The van der Waals surface area contributed by atoms with Crippen LogP contribution in [0.1, 0.15) is 44.6 Å². The number of halogens is 1. The van der Waals surface area contributed by atoms with Crippen molar-refractivity contribution in [1.82, 2.24) is 25.1 Å². The predicted molar refractivity (Wildman–Crippen MR) is 123 cm³/mol. The fourth-order valence-electron chi connectivity index (χ4n) is 6.33. The summed E-state index contributed by atoms with van der Waals surface area (Å²) in [5.41, 5.74) is 4.24. The second-order valence-electron chi connectivity index (χ2n) is 10.0. The number of rotatable bonds is 5. The maximum Gasteiger partial charge on any atom is 0.242 e. The van der Waals surface area contributed by atoms with Crippen molar-refractivity contribution in [2.75, 3.05) is 39.3 Å². The van der Waals surface area contributed by atoms with Gasteiger partial charge in [-0.05, 0) is 56.3 Å². The van der Waals surface area contributed by atoms with E-state index in [0.29, 0.717) is 13.0 Å². The third kappa shape index (κ3) is 4.53. The maximum absolute atomic E-state index is 13.8. The molecule has 0 spiro atoms. The second-order valence-corrected chi connectivity index (χ2v) is 10.0. The topological polar surface area (TPSA) is 59.1 Å². The molecule has 33 heavy (non-hydrogen) atoms. The van der Waals surface area contributed by atoms with Gasteiger partial charge in [0.1, 0.15) is 11.9 Å². The highest BCUT2D eigenvalue weighted by atomic mass is 19.1. The Morgan fingerprint density at radius 3 is 2.70 bits per heavy atom. The second kappa shape index (κ2) is 9.68. The molecule has 3 saturated heterocycles. The molecule has 7 nitrogen and oxygen atoms in total. The van der Waals surface area contributed by atoms with Gasteiger partial charge in [-0.15, -0.1) is 0 Å². The first-order chi connectivity index (χ1) is 16.0. The number of hydrogen-bond donors (Lipinski definition) is 1. The van der Waals surface area contributed by atoms with Crippen LogP contribution in [0.15, 0.2) is 24.3 Å². The maximum atomic E-state index is 13.8. The van der Waals surface area contributed by atoms with Gasteiger partial charge in [0.15, 0.2) is 0 Å². The van der Waals surface area contributed by atoms with Crippen molar-refractivity contribution in [2.24, 2.45) is 5.92 Å². The van der Waals surface area contributed by atoms with E-state index >= 15 is 0 Å². The van der Waals surface area contributed by atoms with Crippen LogP contribution in [0.25, 0.3) is 0 Å². The molecule has 1 aromatic carbocycles. The number of hydrogen-bond acceptors (Lipinski definition) is 5. The van der Waals surface area contributed by atoms with E-state index in [4.69, 9.17) is 0 Å². The Labute approximate surface area is 195 Å². The van der Waals surface area contributed by atoms with Crippen LogP contribution >= 0.6 is 0 Å². The highest BCUT2D eigenvalue weighted by molar-refractivity contribution is 5.84. The molecular formula is C25H36FN5O2. The summed E-state index contributed by atoms with van der Waals surface area (Å²) >= 11 is 0. The van der Waals surface area contributed by atoms with Crippen LogP contribution in [0.2, 0.25) is 0 Å². The van der Waals surface area contributed by atoms with Gasteiger partial charge in [-0.25, -0.2) is 9.40 Å². The number of amides is 2. The van der Waals surface area contributed by atoms with Crippen LogP contribution < -0.4 is 5.43 Å². The van der Waals surface area contributed by atoms with Gasteiger partial charge < -0.3 is 9.80 Å². The van der Waals surface area contributed by atoms with E-state index in [1.807, 2.05) is 15.9 Å². The zero-order chi connectivity index (χ0) is 22.9. The van der Waals surface area contributed by atoms with Crippen molar-refractivity contribution < 1.29 is 14.0 Å². The van der Waals surface area contributed by atoms with Crippen molar-refractivity contribution in [3.8, 4) is 0 Å². The molecule has 1 N–H and O–H groups in total. The molecule has 8 heteroatoms. The number of carbonyl (C=O) groups is 2. The van der Waals surface area contributed by atoms with Crippen molar-refractivity contribution in [2.45, 2.75) is 63.7 Å². The van der Waals surface area contributed by atoms with Gasteiger partial charge in [0.25, 0.3) is 0 Å². The van der Waals surface area contributed by atoms with Crippen molar-refractivity contribution >= 4 is 11.8 Å². The molecule has 3 aliphatic heterocycles. The molecule has 1 aliphatic carbocycles. The molecule has 5 rings (SSSR count). The summed E-state index contributed by atoms with van der Waals surface area (Å²) in [7, 11) is 0. The summed E-state index contributed by atoms with van der Waals surface area (Å²) in [6.45, 7) is 7.98. The van der Waals surface area contributed by atoms with E-state index in [0.717, 1.165) is 70.5 Å². The van der Waals surface area contributed by atoms with Gasteiger partial charge in [0.2, 0.25) is 11.8 Å². The summed E-state index contributed by atoms with van der Waals surface area (Å²) in [5, 5.41) is 2.17. The molecule has 0 radical (unpaired) electrons. The van der Waals surface area contributed by atoms with Gasteiger partial charge >= 0.3 is 0 Å². The summed E-state index contributed by atoms with van der Waals surface area (Å²) < 4.78 is 13.8. The molecule has 0 bridgehead atoms. The Bertz CT molecular complexity index is 874. The van der Waals surface area contributed by atoms with Crippen LogP contribution in [0, 0.1) is 11.7 Å². The fourth-order valence-corrected chi connectivity index (χ4v) is 6.33. The number of nitrogens with zero attached hydrogens (tertiary/aromatic N) is 4. The van der Waals surface area contributed by atoms with E-state index in [1.165, 1.54) is 12.1 Å². The summed E-state index contributed by atoms with van der Waals surface area (Å²) in [5.74, 6) is 0.0218. The molecule has 2 amide bonds. The Morgan fingerprint density at radius 1 is 1.12 bits per heavy atom. The van der Waals surface area contributed by atoms with E-state index in [2.05, 4.69) is 22.3 Å². The molecule has 3 heterocycles. The smallest absolute Gasteiger partial charge is 0.242 e. The Kier molecular flexibility index (Phi) is 6.67. The minimum Gasteiger partial charge on any atom is -0.340 e. The third-order valence-corrected chi connectivity index (χ3v) is 7.97. The van der Waals surface area contributed by atoms with Crippen molar-refractivity contribution in [3.63, 3.8) is 0 Å². The first kappa shape index (κ1) is 22.7. The normalized spacial score (nSPS) is 30.9. The quantitative estimate of drug-likeness (QED) is 0.731.